The second kappa shape index (κ2) is 6.25. The first-order valence-corrected chi connectivity index (χ1v) is 6.60. The van der Waals surface area contributed by atoms with Gasteiger partial charge in [0, 0.05) is 0 Å². The van der Waals surface area contributed by atoms with Crippen molar-refractivity contribution in [2.45, 2.75) is 27.3 Å². The van der Waals surface area contributed by atoms with Gasteiger partial charge in [-0.25, -0.2) is 14.8 Å². The van der Waals surface area contributed by atoms with Gasteiger partial charge in [-0.3, -0.25) is 0 Å². The zero-order valence-electron chi connectivity index (χ0n) is 12.3. The lowest BCUT2D eigenvalue weighted by molar-refractivity contribution is 0.0527. The van der Waals surface area contributed by atoms with Gasteiger partial charge < -0.3 is 20.2 Å². The number of nitrogens with one attached hydrogen (secondary N) is 1. The number of aryl methyl sites for hydroxylation is 2. The van der Waals surface area contributed by atoms with Crippen molar-refractivity contribution < 1.29 is 13.9 Å². The minimum atomic E-state index is -0.469. The number of rotatable bonds is 5. The summed E-state index contributed by atoms with van der Waals surface area (Å²) in [4.78, 5) is 20.1. The number of nitrogen functional groups attached to an aromatic ring is 1. The highest BCUT2D eigenvalue weighted by Gasteiger charge is 2.13. The van der Waals surface area contributed by atoms with Crippen LogP contribution >= 0.6 is 0 Å². The van der Waals surface area contributed by atoms with Gasteiger partial charge in [0.2, 0.25) is 5.89 Å². The number of aromatic nitrogens is 2. The molecule has 0 bridgehead atoms. The van der Waals surface area contributed by atoms with E-state index in [1.807, 2.05) is 13.8 Å². The van der Waals surface area contributed by atoms with Crippen molar-refractivity contribution in [3.05, 3.63) is 35.2 Å². The third-order valence-electron chi connectivity index (χ3n) is 2.92. The highest BCUT2D eigenvalue weighted by atomic mass is 16.5. The fraction of sp³-hybridized carbons (Fsp3) is 0.357. The summed E-state index contributed by atoms with van der Waals surface area (Å²) in [5, 5.41) is 3.04. The summed E-state index contributed by atoms with van der Waals surface area (Å²) >= 11 is 0. The van der Waals surface area contributed by atoms with Gasteiger partial charge in [0.15, 0.2) is 0 Å². The Morgan fingerprint density at radius 2 is 2.24 bits per heavy atom. The van der Waals surface area contributed by atoms with Gasteiger partial charge in [-0.05, 0) is 26.8 Å². The molecule has 3 N–H and O–H groups in total. The van der Waals surface area contributed by atoms with Crippen LogP contribution in [0.4, 0.5) is 11.5 Å². The molecule has 0 aromatic carbocycles. The van der Waals surface area contributed by atoms with Gasteiger partial charge >= 0.3 is 5.97 Å². The lowest BCUT2D eigenvalue weighted by atomic mass is 10.2. The van der Waals surface area contributed by atoms with Crippen molar-refractivity contribution >= 4 is 17.5 Å². The second-order valence-electron chi connectivity index (χ2n) is 4.48. The van der Waals surface area contributed by atoms with Gasteiger partial charge in [0.1, 0.15) is 11.6 Å². The maximum absolute atomic E-state index is 11.8. The quantitative estimate of drug-likeness (QED) is 0.812. The molecule has 0 atom stereocenters. The van der Waals surface area contributed by atoms with E-state index in [0.29, 0.717) is 18.3 Å². The average Bonchev–Trinajstić information content (AvgIpc) is 2.77. The zero-order valence-corrected chi connectivity index (χ0v) is 12.3. The summed E-state index contributed by atoms with van der Waals surface area (Å²) in [5.41, 5.74) is 7.15. The molecule has 2 rings (SSSR count). The van der Waals surface area contributed by atoms with E-state index >= 15 is 0 Å². The Bertz CT molecular complexity index is 632. The van der Waals surface area contributed by atoms with Gasteiger partial charge in [0.25, 0.3) is 0 Å². The molecule has 0 aliphatic heterocycles. The number of esters is 1. The summed E-state index contributed by atoms with van der Waals surface area (Å²) in [7, 11) is 0. The van der Waals surface area contributed by atoms with E-state index in [1.165, 1.54) is 6.20 Å². The van der Waals surface area contributed by atoms with Crippen LogP contribution in [0, 0.1) is 13.8 Å². The normalized spacial score (nSPS) is 10.4. The lowest BCUT2D eigenvalue weighted by Gasteiger charge is -2.08. The second-order valence-corrected chi connectivity index (χ2v) is 4.48. The van der Waals surface area contributed by atoms with Gasteiger partial charge in [-0.15, -0.1) is 0 Å². The molecule has 112 valence electrons. The summed E-state index contributed by atoms with van der Waals surface area (Å²) in [5.74, 6) is 1.37. The number of oxazole rings is 1. The number of hydrogen-bond donors (Lipinski definition) is 2. The molecule has 21 heavy (non-hydrogen) atoms. The molecule has 0 unspecified atom stereocenters. The van der Waals surface area contributed by atoms with E-state index in [2.05, 4.69) is 15.3 Å². The van der Waals surface area contributed by atoms with Crippen molar-refractivity contribution in [1.82, 2.24) is 9.97 Å². The van der Waals surface area contributed by atoms with E-state index in [1.54, 1.807) is 13.0 Å². The number of carbonyl (C=O) groups excluding carboxylic acids is 1. The zero-order chi connectivity index (χ0) is 15.4. The number of anilines is 2. The van der Waals surface area contributed by atoms with Crippen LogP contribution in [-0.4, -0.2) is 22.5 Å². The standard InChI is InChI=1S/C14H18N4O3/c1-4-20-14(19)10-5-12(16-6-11(10)15)17-7-13-18-8(2)9(3)21-13/h5-6H,4,7,15H2,1-3H3,(H,16,17). The fourth-order valence-electron chi connectivity index (χ4n) is 1.73. The number of pyridine rings is 1. The minimum absolute atomic E-state index is 0.279. The number of hydrogen-bond acceptors (Lipinski definition) is 7. The first-order chi connectivity index (χ1) is 10.0. The maximum Gasteiger partial charge on any atom is 0.340 e. The molecular weight excluding hydrogens is 272 g/mol. The molecule has 7 nitrogen and oxygen atoms in total. The Balaban J connectivity index is 2.10. The van der Waals surface area contributed by atoms with Crippen LogP contribution in [-0.2, 0) is 11.3 Å². The molecule has 0 spiro atoms. The molecule has 2 heterocycles. The summed E-state index contributed by atoms with van der Waals surface area (Å²) in [6, 6.07) is 1.55. The number of nitrogens with zero attached hydrogens (tertiary/aromatic N) is 2. The van der Waals surface area contributed by atoms with Crippen molar-refractivity contribution in [2.75, 3.05) is 17.7 Å². The molecule has 2 aromatic rings. The number of nitrogens with two attached hydrogens (primary N) is 1. The van der Waals surface area contributed by atoms with E-state index in [9.17, 15) is 4.79 Å². The number of ether oxygens (including phenoxy) is 1. The molecule has 0 saturated carbocycles. The van der Waals surface area contributed by atoms with Crippen molar-refractivity contribution in [3.8, 4) is 0 Å². The van der Waals surface area contributed by atoms with Gasteiger partial charge in [0.05, 0.1) is 36.3 Å². The molecule has 0 fully saturated rings. The topological polar surface area (TPSA) is 103 Å². The minimum Gasteiger partial charge on any atom is -0.462 e. The predicted molar refractivity (Wildman–Crippen MR) is 77.9 cm³/mol. The largest absolute Gasteiger partial charge is 0.462 e. The van der Waals surface area contributed by atoms with Crippen LogP contribution < -0.4 is 11.1 Å². The molecule has 2 aromatic heterocycles. The highest BCUT2D eigenvalue weighted by Crippen LogP contribution is 2.17. The van der Waals surface area contributed by atoms with Crippen LogP contribution in [0.3, 0.4) is 0 Å². The van der Waals surface area contributed by atoms with E-state index in [-0.39, 0.29) is 17.9 Å². The average molecular weight is 290 g/mol. The summed E-state index contributed by atoms with van der Waals surface area (Å²) < 4.78 is 10.4. The Morgan fingerprint density at radius 3 is 2.86 bits per heavy atom. The summed E-state index contributed by atoms with van der Waals surface area (Å²) in [6.07, 6.45) is 1.42. The maximum atomic E-state index is 11.8. The smallest absolute Gasteiger partial charge is 0.340 e. The lowest BCUT2D eigenvalue weighted by Crippen LogP contribution is -2.10. The highest BCUT2D eigenvalue weighted by molar-refractivity contribution is 5.95. The van der Waals surface area contributed by atoms with Crippen molar-refractivity contribution in [1.29, 1.82) is 0 Å². The van der Waals surface area contributed by atoms with E-state index < -0.39 is 5.97 Å². The third-order valence-corrected chi connectivity index (χ3v) is 2.92. The summed E-state index contributed by atoms with van der Waals surface area (Å²) in [6.45, 7) is 6.13. The van der Waals surface area contributed by atoms with Gasteiger partial charge in [-0.2, -0.15) is 0 Å². The Morgan fingerprint density at radius 1 is 1.48 bits per heavy atom. The predicted octanol–water partition coefficient (Wildman–Crippen LogP) is 2.06. The number of carbonyl (C=O) groups is 1. The molecule has 7 heteroatoms. The molecule has 0 aliphatic carbocycles. The van der Waals surface area contributed by atoms with Crippen LogP contribution in [0.2, 0.25) is 0 Å². The Hall–Kier alpha value is -2.57. The van der Waals surface area contributed by atoms with E-state index in [4.69, 9.17) is 14.9 Å². The fourth-order valence-corrected chi connectivity index (χ4v) is 1.73. The first-order valence-electron chi connectivity index (χ1n) is 6.60. The molecule has 0 aliphatic rings. The van der Waals surface area contributed by atoms with Crippen molar-refractivity contribution in [3.63, 3.8) is 0 Å². The monoisotopic (exact) mass is 290 g/mol. The first kappa shape index (κ1) is 14.8. The van der Waals surface area contributed by atoms with Crippen LogP contribution in [0.15, 0.2) is 16.7 Å². The van der Waals surface area contributed by atoms with Crippen LogP contribution in [0.25, 0.3) is 0 Å². The molecule has 0 saturated heterocycles. The molecular formula is C14H18N4O3. The van der Waals surface area contributed by atoms with E-state index in [0.717, 1.165) is 11.5 Å². The van der Waals surface area contributed by atoms with Crippen molar-refractivity contribution in [2.24, 2.45) is 0 Å². The third kappa shape index (κ3) is 3.50. The molecule has 0 radical (unpaired) electrons. The SMILES string of the molecule is CCOC(=O)c1cc(NCc2nc(C)c(C)o2)ncc1N. The van der Waals surface area contributed by atoms with Crippen LogP contribution in [0.5, 0.6) is 0 Å². The van der Waals surface area contributed by atoms with Crippen LogP contribution in [0.1, 0.15) is 34.6 Å². The Labute approximate surface area is 122 Å². The van der Waals surface area contributed by atoms with Gasteiger partial charge in [-0.1, -0.05) is 0 Å². The Kier molecular flexibility index (Phi) is 4.42. The molecule has 0 amide bonds.